The molecule has 2 aromatic carbocycles. The predicted molar refractivity (Wildman–Crippen MR) is 156 cm³/mol. The van der Waals surface area contributed by atoms with Crippen LogP contribution in [0.2, 0.25) is 0 Å². The first kappa shape index (κ1) is 27.5. The standard InChI is InChI=1S/C31H30F3N7O/c1-5-19-12-24-26(6-8-36-28(24)27(15-19)38(2)3)41-10-7-21-22(25-17-39(4)37-29(25)31(32,33)34)13-20(14-23(21)30(41)42)16-40-11-9-35-18-40/h6,8-9,11-15,17-18H,5,7,10,16H2,1-4H3. The minimum absolute atomic E-state index is 0.0347. The first-order valence-corrected chi connectivity index (χ1v) is 13.7. The molecule has 0 aliphatic carbocycles. The molecule has 1 aliphatic heterocycles. The molecule has 4 heterocycles. The van der Waals surface area contributed by atoms with Gasteiger partial charge in [0.05, 0.1) is 23.2 Å². The lowest BCUT2D eigenvalue weighted by atomic mass is 9.87. The first-order chi connectivity index (χ1) is 20.0. The number of aromatic nitrogens is 5. The molecule has 0 spiro atoms. The molecule has 1 amide bonds. The molecule has 3 aromatic heterocycles. The number of benzene rings is 2. The number of hydrogen-bond donors (Lipinski definition) is 0. The summed E-state index contributed by atoms with van der Waals surface area (Å²) in [6.45, 7) is 2.74. The average molecular weight is 574 g/mol. The van der Waals surface area contributed by atoms with Crippen LogP contribution in [0.4, 0.5) is 24.5 Å². The van der Waals surface area contributed by atoms with Gasteiger partial charge in [-0.15, -0.1) is 0 Å². The van der Waals surface area contributed by atoms with Crippen LogP contribution in [0.3, 0.4) is 0 Å². The highest BCUT2D eigenvalue weighted by Gasteiger charge is 2.39. The maximum Gasteiger partial charge on any atom is 0.435 e. The fraction of sp³-hybridized carbons (Fsp3) is 0.290. The van der Waals surface area contributed by atoms with Crippen LogP contribution >= 0.6 is 0 Å². The van der Waals surface area contributed by atoms with Crippen molar-refractivity contribution in [1.82, 2.24) is 24.3 Å². The number of anilines is 2. The molecule has 11 heteroatoms. The van der Waals surface area contributed by atoms with Crippen molar-refractivity contribution in [1.29, 1.82) is 0 Å². The van der Waals surface area contributed by atoms with Crippen molar-refractivity contribution in [2.24, 2.45) is 7.05 Å². The Labute approximate surface area is 241 Å². The van der Waals surface area contributed by atoms with Crippen molar-refractivity contribution in [2.75, 3.05) is 30.4 Å². The van der Waals surface area contributed by atoms with E-state index in [0.29, 0.717) is 41.8 Å². The molecule has 6 rings (SSSR count). The Morgan fingerprint density at radius 3 is 2.50 bits per heavy atom. The number of rotatable bonds is 6. The van der Waals surface area contributed by atoms with Gasteiger partial charge in [0, 0.05) is 75.5 Å². The Hall–Kier alpha value is -4.67. The second kappa shape index (κ2) is 10.3. The van der Waals surface area contributed by atoms with Gasteiger partial charge in [-0.25, -0.2) is 4.98 Å². The van der Waals surface area contributed by atoms with Gasteiger partial charge in [0.1, 0.15) is 0 Å². The molecule has 0 fully saturated rings. The lowest BCUT2D eigenvalue weighted by Crippen LogP contribution is -2.38. The fourth-order valence-electron chi connectivity index (χ4n) is 5.77. The van der Waals surface area contributed by atoms with Crippen LogP contribution < -0.4 is 9.80 Å². The van der Waals surface area contributed by atoms with Gasteiger partial charge < -0.3 is 14.4 Å². The lowest BCUT2D eigenvalue weighted by Gasteiger charge is -2.31. The van der Waals surface area contributed by atoms with E-state index >= 15 is 0 Å². The van der Waals surface area contributed by atoms with E-state index in [0.717, 1.165) is 34.3 Å². The minimum atomic E-state index is -4.65. The number of amides is 1. The van der Waals surface area contributed by atoms with Crippen molar-refractivity contribution in [2.45, 2.75) is 32.5 Å². The molecular formula is C31H30F3N7O. The Kier molecular flexibility index (Phi) is 6.75. The number of imidazole rings is 1. The SMILES string of the molecule is CCc1cc(N(C)C)c2nccc(N3CCc4c(cc(Cn5ccnc5)cc4-c4cn(C)nc4C(F)(F)F)C3=O)c2c1. The molecule has 0 radical (unpaired) electrons. The van der Waals surface area contributed by atoms with Crippen molar-refractivity contribution >= 4 is 28.2 Å². The summed E-state index contributed by atoms with van der Waals surface area (Å²) in [6, 6.07) is 9.55. The van der Waals surface area contributed by atoms with Crippen LogP contribution in [0.5, 0.6) is 0 Å². The van der Waals surface area contributed by atoms with E-state index in [-0.39, 0.29) is 11.5 Å². The number of carbonyl (C=O) groups is 1. The third-order valence-electron chi connectivity index (χ3n) is 7.72. The van der Waals surface area contributed by atoms with Crippen LogP contribution in [-0.2, 0) is 32.6 Å². The second-order valence-electron chi connectivity index (χ2n) is 10.8. The molecule has 42 heavy (non-hydrogen) atoms. The lowest BCUT2D eigenvalue weighted by molar-refractivity contribution is -0.140. The van der Waals surface area contributed by atoms with E-state index in [2.05, 4.69) is 34.1 Å². The van der Waals surface area contributed by atoms with Crippen LogP contribution in [0.25, 0.3) is 22.0 Å². The van der Waals surface area contributed by atoms with E-state index in [9.17, 15) is 18.0 Å². The third-order valence-corrected chi connectivity index (χ3v) is 7.72. The summed E-state index contributed by atoms with van der Waals surface area (Å²) in [5, 5.41) is 4.60. The van der Waals surface area contributed by atoms with Crippen molar-refractivity contribution < 1.29 is 18.0 Å². The fourth-order valence-corrected chi connectivity index (χ4v) is 5.77. The summed E-state index contributed by atoms with van der Waals surface area (Å²) in [7, 11) is 5.39. The highest BCUT2D eigenvalue weighted by Crippen LogP contribution is 2.41. The van der Waals surface area contributed by atoms with Gasteiger partial charge in [-0.2, -0.15) is 18.3 Å². The molecule has 0 saturated heterocycles. The van der Waals surface area contributed by atoms with Gasteiger partial charge in [-0.3, -0.25) is 14.5 Å². The average Bonchev–Trinajstić information content (AvgIpc) is 3.61. The Morgan fingerprint density at radius 1 is 1.02 bits per heavy atom. The van der Waals surface area contributed by atoms with Crippen LogP contribution in [0.15, 0.2) is 61.4 Å². The monoisotopic (exact) mass is 573 g/mol. The zero-order valence-corrected chi connectivity index (χ0v) is 23.8. The summed E-state index contributed by atoms with van der Waals surface area (Å²) >= 11 is 0. The van der Waals surface area contributed by atoms with Crippen molar-refractivity contribution in [3.8, 4) is 11.1 Å². The molecule has 0 N–H and O–H groups in total. The normalized spacial score (nSPS) is 13.6. The predicted octanol–water partition coefficient (Wildman–Crippen LogP) is 5.73. The van der Waals surface area contributed by atoms with E-state index < -0.39 is 11.9 Å². The number of aryl methyl sites for hydroxylation is 2. The number of nitrogens with zero attached hydrogens (tertiary/aromatic N) is 7. The molecule has 1 aliphatic rings. The number of fused-ring (bicyclic) bond motifs is 2. The van der Waals surface area contributed by atoms with E-state index in [1.54, 1.807) is 42.0 Å². The molecule has 5 aromatic rings. The van der Waals surface area contributed by atoms with Crippen LogP contribution in [0, 0.1) is 0 Å². The van der Waals surface area contributed by atoms with Crippen molar-refractivity contribution in [3.63, 3.8) is 0 Å². The van der Waals surface area contributed by atoms with Crippen LogP contribution in [-0.4, -0.2) is 50.9 Å². The smallest absolute Gasteiger partial charge is 0.376 e. The minimum Gasteiger partial charge on any atom is -0.376 e. The van der Waals surface area contributed by atoms with Gasteiger partial charge in [0.15, 0.2) is 5.69 Å². The number of hydrogen-bond acceptors (Lipinski definition) is 5. The number of halogens is 3. The maximum atomic E-state index is 14.3. The Bertz CT molecular complexity index is 1810. The summed E-state index contributed by atoms with van der Waals surface area (Å²) < 4.78 is 45.2. The van der Waals surface area contributed by atoms with E-state index in [1.165, 1.54) is 17.9 Å². The second-order valence-corrected chi connectivity index (χ2v) is 10.8. The van der Waals surface area contributed by atoms with E-state index in [4.69, 9.17) is 0 Å². The number of pyridine rings is 1. The van der Waals surface area contributed by atoms with Gasteiger partial charge in [0.25, 0.3) is 5.91 Å². The Balaban J connectivity index is 1.53. The summed E-state index contributed by atoms with van der Waals surface area (Å²) in [6.07, 6.45) is 4.67. The largest absolute Gasteiger partial charge is 0.435 e. The molecular weight excluding hydrogens is 543 g/mol. The maximum absolute atomic E-state index is 14.3. The molecule has 0 unspecified atom stereocenters. The van der Waals surface area contributed by atoms with Gasteiger partial charge in [-0.05, 0) is 65.4 Å². The molecule has 0 bridgehead atoms. The summed E-state index contributed by atoms with van der Waals surface area (Å²) in [5.41, 5.74) is 4.62. The van der Waals surface area contributed by atoms with Crippen LogP contribution in [0.1, 0.15) is 39.7 Å². The molecule has 0 atom stereocenters. The summed E-state index contributed by atoms with van der Waals surface area (Å²) in [4.78, 5) is 26.7. The highest BCUT2D eigenvalue weighted by atomic mass is 19.4. The van der Waals surface area contributed by atoms with Gasteiger partial charge >= 0.3 is 6.18 Å². The van der Waals surface area contributed by atoms with Gasteiger partial charge in [0.2, 0.25) is 0 Å². The van der Waals surface area contributed by atoms with Crippen molar-refractivity contribution in [3.05, 3.63) is 89.4 Å². The summed E-state index contributed by atoms with van der Waals surface area (Å²) in [5.74, 6) is -0.261. The molecule has 0 saturated carbocycles. The van der Waals surface area contributed by atoms with E-state index in [1.807, 2.05) is 29.6 Å². The highest BCUT2D eigenvalue weighted by molar-refractivity contribution is 6.14. The number of carbonyl (C=O) groups excluding carboxylic acids is 1. The molecule has 216 valence electrons. The number of alkyl halides is 3. The Morgan fingerprint density at radius 2 is 1.81 bits per heavy atom. The topological polar surface area (TPSA) is 72.1 Å². The zero-order valence-electron chi connectivity index (χ0n) is 23.8. The first-order valence-electron chi connectivity index (χ1n) is 13.7. The zero-order chi connectivity index (χ0) is 29.8. The third kappa shape index (κ3) is 4.78. The molecule has 8 nitrogen and oxygen atoms in total. The van der Waals surface area contributed by atoms with Gasteiger partial charge in [-0.1, -0.05) is 6.92 Å². The quantitative estimate of drug-likeness (QED) is 0.260.